The molecule has 7 heteroatoms. The highest BCUT2D eigenvalue weighted by molar-refractivity contribution is 5.85. The number of hydrogen-bond acceptors (Lipinski definition) is 5. The van der Waals surface area contributed by atoms with Crippen molar-refractivity contribution in [3.63, 3.8) is 0 Å². The minimum Gasteiger partial charge on any atom is -0.484 e. The maximum absolute atomic E-state index is 12.1. The van der Waals surface area contributed by atoms with Crippen LogP contribution < -0.4 is 15.4 Å². The van der Waals surface area contributed by atoms with Crippen LogP contribution in [0.3, 0.4) is 0 Å². The van der Waals surface area contributed by atoms with Crippen molar-refractivity contribution in [1.82, 2.24) is 15.5 Å². The zero-order valence-corrected chi connectivity index (χ0v) is 15.2. The summed E-state index contributed by atoms with van der Waals surface area (Å²) in [6, 6.07) is 12.9. The highest BCUT2D eigenvalue weighted by Gasteiger charge is 2.25. The van der Waals surface area contributed by atoms with Crippen LogP contribution in [0.2, 0.25) is 0 Å². The van der Waals surface area contributed by atoms with Crippen LogP contribution in [0.1, 0.15) is 24.6 Å². The molecule has 0 aliphatic carbocycles. The quantitative estimate of drug-likeness (QED) is 0.701. The van der Waals surface area contributed by atoms with Gasteiger partial charge in [0.05, 0.1) is 18.8 Å². The molecule has 2 N–H and O–H groups in total. The number of nitrogens with one attached hydrogen (secondary N) is 2. The second kappa shape index (κ2) is 9.78. The third kappa shape index (κ3) is 5.86. The van der Waals surface area contributed by atoms with Crippen LogP contribution in [0.15, 0.2) is 53.1 Å². The molecule has 7 nitrogen and oxygen atoms in total. The van der Waals surface area contributed by atoms with Crippen LogP contribution in [-0.2, 0) is 9.59 Å². The fourth-order valence-corrected chi connectivity index (χ4v) is 3.11. The smallest absolute Gasteiger partial charge is 0.258 e. The summed E-state index contributed by atoms with van der Waals surface area (Å²) in [6.45, 7) is 2.23. The lowest BCUT2D eigenvalue weighted by Crippen LogP contribution is -2.42. The Hall–Kier alpha value is -2.80. The number of nitrogens with zero attached hydrogens (tertiary/aromatic N) is 1. The Balaban J connectivity index is 1.39. The molecule has 0 bridgehead atoms. The summed E-state index contributed by atoms with van der Waals surface area (Å²) >= 11 is 0. The molecule has 0 spiro atoms. The van der Waals surface area contributed by atoms with Crippen molar-refractivity contribution < 1.29 is 18.7 Å². The first kappa shape index (κ1) is 19.0. The molecular formula is C20H25N3O4. The largest absolute Gasteiger partial charge is 0.484 e. The second-order valence-corrected chi connectivity index (χ2v) is 6.46. The summed E-state index contributed by atoms with van der Waals surface area (Å²) in [5, 5.41) is 5.45. The Morgan fingerprint density at radius 1 is 1.04 bits per heavy atom. The molecule has 2 heterocycles. The lowest BCUT2D eigenvalue weighted by molar-refractivity contribution is -0.127. The summed E-state index contributed by atoms with van der Waals surface area (Å²) < 4.78 is 10.9. The van der Waals surface area contributed by atoms with Crippen molar-refractivity contribution in [1.29, 1.82) is 0 Å². The number of carbonyl (C=O) groups excluding carboxylic acids is 2. The van der Waals surface area contributed by atoms with E-state index in [1.165, 1.54) is 0 Å². The van der Waals surface area contributed by atoms with E-state index in [9.17, 15) is 9.59 Å². The summed E-state index contributed by atoms with van der Waals surface area (Å²) in [4.78, 5) is 26.2. The number of hydrogen-bond donors (Lipinski definition) is 2. The first-order valence-electron chi connectivity index (χ1n) is 9.21. The van der Waals surface area contributed by atoms with E-state index in [1.807, 2.05) is 30.3 Å². The monoisotopic (exact) mass is 371 g/mol. The molecule has 3 rings (SSSR count). The van der Waals surface area contributed by atoms with Gasteiger partial charge in [0.25, 0.3) is 5.91 Å². The minimum absolute atomic E-state index is 0.0172. The number of rotatable bonds is 9. The van der Waals surface area contributed by atoms with Crippen LogP contribution in [-0.4, -0.2) is 49.5 Å². The predicted molar refractivity (Wildman–Crippen MR) is 100 cm³/mol. The standard InChI is InChI=1S/C20H25N3O4/c24-19(14-22-20(25)15-27-16-7-2-1-3-8-16)21-13-17(18-9-6-12-26-18)23-10-4-5-11-23/h1-3,6-9,12,17H,4-5,10-11,13-15H2,(H,21,24)(H,22,25)/t17-/m1/s1. The normalized spacial score (nSPS) is 15.3. The van der Waals surface area contributed by atoms with Crippen molar-refractivity contribution in [3.05, 3.63) is 54.5 Å². The minimum atomic E-state index is -0.337. The van der Waals surface area contributed by atoms with Gasteiger partial charge < -0.3 is 19.8 Å². The molecule has 0 unspecified atom stereocenters. The van der Waals surface area contributed by atoms with Gasteiger partial charge in [-0.3, -0.25) is 14.5 Å². The SMILES string of the molecule is O=C(CNC(=O)COc1ccccc1)NC[C@H](c1ccco1)N1CCCC1. The number of amides is 2. The number of carbonyl (C=O) groups is 2. The number of para-hydroxylation sites is 1. The Morgan fingerprint density at radius 3 is 2.52 bits per heavy atom. The topological polar surface area (TPSA) is 83.8 Å². The molecule has 1 aliphatic rings. The van der Waals surface area contributed by atoms with E-state index in [0.29, 0.717) is 12.3 Å². The molecular weight excluding hydrogens is 346 g/mol. The zero-order chi connectivity index (χ0) is 18.9. The van der Waals surface area contributed by atoms with Gasteiger partial charge in [-0.15, -0.1) is 0 Å². The lowest BCUT2D eigenvalue weighted by Gasteiger charge is -2.26. The van der Waals surface area contributed by atoms with E-state index in [0.717, 1.165) is 31.7 Å². The molecule has 27 heavy (non-hydrogen) atoms. The molecule has 1 aromatic heterocycles. The van der Waals surface area contributed by atoms with Crippen LogP contribution in [0.5, 0.6) is 5.75 Å². The molecule has 144 valence electrons. The number of ether oxygens (including phenoxy) is 1. The lowest BCUT2D eigenvalue weighted by atomic mass is 10.2. The Kier molecular flexibility index (Phi) is 6.87. The summed E-state index contributed by atoms with van der Waals surface area (Å²) in [5.41, 5.74) is 0. The molecule has 1 aliphatic heterocycles. The third-order valence-electron chi connectivity index (χ3n) is 4.50. The van der Waals surface area contributed by atoms with Crippen molar-refractivity contribution in [2.45, 2.75) is 18.9 Å². The average molecular weight is 371 g/mol. The Bertz CT molecular complexity index is 712. The fourth-order valence-electron chi connectivity index (χ4n) is 3.11. The van der Waals surface area contributed by atoms with Gasteiger partial charge in [0, 0.05) is 6.54 Å². The van der Waals surface area contributed by atoms with Gasteiger partial charge in [-0.1, -0.05) is 18.2 Å². The third-order valence-corrected chi connectivity index (χ3v) is 4.50. The van der Waals surface area contributed by atoms with Crippen LogP contribution in [0, 0.1) is 0 Å². The second-order valence-electron chi connectivity index (χ2n) is 6.46. The predicted octanol–water partition coefficient (Wildman–Crippen LogP) is 1.73. The van der Waals surface area contributed by atoms with Crippen LogP contribution >= 0.6 is 0 Å². The highest BCUT2D eigenvalue weighted by Crippen LogP contribution is 2.24. The highest BCUT2D eigenvalue weighted by atomic mass is 16.5. The van der Waals surface area contributed by atoms with E-state index in [-0.39, 0.29) is 31.0 Å². The van der Waals surface area contributed by atoms with Crippen molar-refractivity contribution in [2.24, 2.45) is 0 Å². The van der Waals surface area contributed by atoms with E-state index in [1.54, 1.807) is 18.4 Å². The fraction of sp³-hybridized carbons (Fsp3) is 0.400. The molecule has 1 atom stereocenters. The van der Waals surface area contributed by atoms with E-state index in [4.69, 9.17) is 9.15 Å². The summed E-state index contributed by atoms with van der Waals surface area (Å²) in [6.07, 6.45) is 3.96. The first-order valence-corrected chi connectivity index (χ1v) is 9.21. The summed E-state index contributed by atoms with van der Waals surface area (Å²) in [5.74, 6) is 0.886. The van der Waals surface area contributed by atoms with Crippen LogP contribution in [0.25, 0.3) is 0 Å². The van der Waals surface area contributed by atoms with Crippen LogP contribution in [0.4, 0.5) is 0 Å². The van der Waals surface area contributed by atoms with Crippen molar-refractivity contribution in [3.8, 4) is 5.75 Å². The molecule has 2 amide bonds. The zero-order valence-electron chi connectivity index (χ0n) is 15.2. The number of furan rings is 1. The number of likely N-dealkylation sites (tertiary alicyclic amines) is 1. The molecule has 1 fully saturated rings. The van der Waals surface area contributed by atoms with Gasteiger partial charge in [-0.05, 0) is 50.2 Å². The molecule has 1 saturated heterocycles. The first-order chi connectivity index (χ1) is 13.2. The molecule has 0 saturated carbocycles. The Labute approximate surface area is 158 Å². The number of benzene rings is 1. The molecule has 1 aromatic carbocycles. The maximum Gasteiger partial charge on any atom is 0.258 e. The van der Waals surface area contributed by atoms with Crippen molar-refractivity contribution >= 4 is 11.8 Å². The average Bonchev–Trinajstić information content (AvgIpc) is 3.40. The van der Waals surface area contributed by atoms with Gasteiger partial charge in [0.2, 0.25) is 5.91 Å². The summed E-state index contributed by atoms with van der Waals surface area (Å²) in [7, 11) is 0. The van der Waals surface area contributed by atoms with Gasteiger partial charge >= 0.3 is 0 Å². The van der Waals surface area contributed by atoms with Gasteiger partial charge in [0.1, 0.15) is 11.5 Å². The van der Waals surface area contributed by atoms with Gasteiger partial charge in [0.15, 0.2) is 6.61 Å². The van der Waals surface area contributed by atoms with Crippen molar-refractivity contribution in [2.75, 3.05) is 32.8 Å². The van der Waals surface area contributed by atoms with E-state index >= 15 is 0 Å². The van der Waals surface area contributed by atoms with E-state index < -0.39 is 0 Å². The molecule has 2 aromatic rings. The van der Waals surface area contributed by atoms with Gasteiger partial charge in [-0.2, -0.15) is 0 Å². The van der Waals surface area contributed by atoms with E-state index in [2.05, 4.69) is 15.5 Å². The Morgan fingerprint density at radius 2 is 1.81 bits per heavy atom. The maximum atomic E-state index is 12.1. The molecule has 0 radical (unpaired) electrons. The van der Waals surface area contributed by atoms with Gasteiger partial charge in [-0.25, -0.2) is 0 Å².